The number of aromatic nitrogens is 1. The van der Waals surface area contributed by atoms with Gasteiger partial charge in [0.15, 0.2) is 0 Å². The number of rotatable bonds is 4. The van der Waals surface area contributed by atoms with Crippen LogP contribution in [0.15, 0.2) is 18.3 Å². The minimum Gasteiger partial charge on any atom is -0.497 e. The Morgan fingerprint density at radius 3 is 3.33 bits per heavy atom. The maximum atomic E-state index is 5.31. The van der Waals surface area contributed by atoms with Gasteiger partial charge in [0.1, 0.15) is 11.6 Å². The van der Waals surface area contributed by atoms with E-state index in [1.165, 1.54) is 0 Å². The summed E-state index contributed by atoms with van der Waals surface area (Å²) in [4.78, 5) is 4.22. The van der Waals surface area contributed by atoms with Crippen LogP contribution in [0.25, 0.3) is 0 Å². The van der Waals surface area contributed by atoms with Gasteiger partial charge in [-0.2, -0.15) is 0 Å². The average Bonchev–Trinajstić information content (AvgIpc) is 2.79. The number of anilines is 1. The lowest BCUT2D eigenvalue weighted by Crippen LogP contribution is -2.14. The molecule has 0 aliphatic carbocycles. The van der Waals surface area contributed by atoms with E-state index in [1.54, 1.807) is 13.3 Å². The highest BCUT2D eigenvalue weighted by molar-refractivity contribution is 5.40. The Bertz CT molecular complexity index is 311. The smallest absolute Gasteiger partial charge is 0.129 e. The molecule has 1 aromatic rings. The van der Waals surface area contributed by atoms with E-state index >= 15 is 0 Å². The van der Waals surface area contributed by atoms with Crippen molar-refractivity contribution >= 4 is 5.82 Å². The van der Waals surface area contributed by atoms with Gasteiger partial charge in [-0.3, -0.25) is 0 Å². The minimum absolute atomic E-state index is 0.609. The van der Waals surface area contributed by atoms with Crippen molar-refractivity contribution in [2.24, 2.45) is 5.92 Å². The molecule has 1 fully saturated rings. The van der Waals surface area contributed by atoms with Crippen LogP contribution < -0.4 is 10.1 Å². The third kappa shape index (κ3) is 2.83. The molecule has 0 amide bonds. The fourth-order valence-corrected chi connectivity index (χ4v) is 1.63. The van der Waals surface area contributed by atoms with Crippen LogP contribution in [0.3, 0.4) is 0 Å². The highest BCUT2D eigenvalue weighted by atomic mass is 16.5. The van der Waals surface area contributed by atoms with E-state index in [4.69, 9.17) is 9.47 Å². The van der Waals surface area contributed by atoms with Crippen LogP contribution in [-0.2, 0) is 4.74 Å². The lowest BCUT2D eigenvalue weighted by atomic mass is 10.1. The molecule has 1 atom stereocenters. The lowest BCUT2D eigenvalue weighted by molar-refractivity contribution is 0.187. The van der Waals surface area contributed by atoms with Crippen molar-refractivity contribution in [1.29, 1.82) is 0 Å². The molecule has 1 aliphatic heterocycles. The Balaban J connectivity index is 1.86. The Hall–Kier alpha value is -1.29. The molecule has 1 saturated heterocycles. The fraction of sp³-hybridized carbons (Fsp3) is 0.545. The lowest BCUT2D eigenvalue weighted by Gasteiger charge is -2.10. The van der Waals surface area contributed by atoms with Gasteiger partial charge >= 0.3 is 0 Å². The molecule has 0 bridgehead atoms. The molecular weight excluding hydrogens is 192 g/mol. The Morgan fingerprint density at radius 2 is 2.60 bits per heavy atom. The quantitative estimate of drug-likeness (QED) is 0.815. The van der Waals surface area contributed by atoms with Crippen LogP contribution in [0.4, 0.5) is 5.82 Å². The fourth-order valence-electron chi connectivity index (χ4n) is 1.63. The van der Waals surface area contributed by atoms with Crippen LogP contribution in [0, 0.1) is 5.92 Å². The van der Waals surface area contributed by atoms with Gasteiger partial charge in [0, 0.05) is 31.3 Å². The van der Waals surface area contributed by atoms with E-state index in [-0.39, 0.29) is 0 Å². The predicted molar refractivity (Wildman–Crippen MR) is 58.2 cm³/mol. The standard InChI is InChI=1S/C11H16N2O2/c1-14-10-2-4-12-11(6-10)13-7-9-3-5-15-8-9/h2,4,6,9H,3,5,7-8H2,1H3,(H,12,13). The minimum atomic E-state index is 0.609. The summed E-state index contributed by atoms with van der Waals surface area (Å²) in [6.45, 7) is 2.66. The van der Waals surface area contributed by atoms with Crippen LogP contribution in [0.2, 0.25) is 0 Å². The summed E-state index contributed by atoms with van der Waals surface area (Å²) in [5, 5.41) is 3.29. The Labute approximate surface area is 89.6 Å². The summed E-state index contributed by atoms with van der Waals surface area (Å²) in [5.74, 6) is 2.30. The molecule has 0 radical (unpaired) electrons. The van der Waals surface area contributed by atoms with Crippen molar-refractivity contribution in [3.05, 3.63) is 18.3 Å². The highest BCUT2D eigenvalue weighted by Crippen LogP contribution is 2.16. The summed E-state index contributed by atoms with van der Waals surface area (Å²) in [6.07, 6.45) is 2.88. The number of hydrogen-bond donors (Lipinski definition) is 1. The van der Waals surface area contributed by atoms with E-state index in [1.807, 2.05) is 12.1 Å². The molecule has 2 rings (SSSR count). The monoisotopic (exact) mass is 208 g/mol. The summed E-state index contributed by atoms with van der Waals surface area (Å²) in [6, 6.07) is 3.74. The molecular formula is C11H16N2O2. The zero-order chi connectivity index (χ0) is 10.5. The van der Waals surface area contributed by atoms with Crippen molar-refractivity contribution in [3.8, 4) is 5.75 Å². The zero-order valence-corrected chi connectivity index (χ0v) is 8.90. The molecule has 2 heterocycles. The largest absolute Gasteiger partial charge is 0.497 e. The van der Waals surface area contributed by atoms with Crippen LogP contribution in [0.5, 0.6) is 5.75 Å². The second-order valence-corrected chi connectivity index (χ2v) is 3.69. The average molecular weight is 208 g/mol. The molecule has 0 saturated carbocycles. The number of pyridine rings is 1. The van der Waals surface area contributed by atoms with Crippen molar-refractivity contribution in [2.45, 2.75) is 6.42 Å². The molecule has 82 valence electrons. The van der Waals surface area contributed by atoms with E-state index in [9.17, 15) is 0 Å². The predicted octanol–water partition coefficient (Wildman–Crippen LogP) is 1.54. The van der Waals surface area contributed by atoms with E-state index < -0.39 is 0 Å². The summed E-state index contributed by atoms with van der Waals surface area (Å²) < 4.78 is 10.4. The number of methoxy groups -OCH3 is 1. The van der Waals surface area contributed by atoms with Gasteiger partial charge in [0.25, 0.3) is 0 Å². The second-order valence-electron chi connectivity index (χ2n) is 3.69. The first-order chi connectivity index (χ1) is 7.38. The summed E-state index contributed by atoms with van der Waals surface area (Å²) in [7, 11) is 1.66. The Kier molecular flexibility index (Phi) is 3.40. The van der Waals surface area contributed by atoms with E-state index in [2.05, 4.69) is 10.3 Å². The molecule has 1 aromatic heterocycles. The van der Waals surface area contributed by atoms with Gasteiger partial charge in [-0.15, -0.1) is 0 Å². The van der Waals surface area contributed by atoms with Gasteiger partial charge in [0.2, 0.25) is 0 Å². The molecule has 1 N–H and O–H groups in total. The third-order valence-corrected chi connectivity index (χ3v) is 2.56. The van der Waals surface area contributed by atoms with Crippen LogP contribution in [0.1, 0.15) is 6.42 Å². The molecule has 4 heteroatoms. The molecule has 0 aromatic carbocycles. The first-order valence-corrected chi connectivity index (χ1v) is 5.20. The van der Waals surface area contributed by atoms with Crippen molar-refractivity contribution in [2.75, 3.05) is 32.2 Å². The topological polar surface area (TPSA) is 43.4 Å². The maximum absolute atomic E-state index is 5.31. The normalized spacial score (nSPS) is 20.2. The summed E-state index contributed by atoms with van der Waals surface area (Å²) in [5.41, 5.74) is 0. The van der Waals surface area contributed by atoms with E-state index in [0.29, 0.717) is 5.92 Å². The molecule has 4 nitrogen and oxygen atoms in total. The first-order valence-electron chi connectivity index (χ1n) is 5.20. The van der Waals surface area contributed by atoms with Gasteiger partial charge in [-0.05, 0) is 12.5 Å². The van der Waals surface area contributed by atoms with Crippen LogP contribution >= 0.6 is 0 Å². The van der Waals surface area contributed by atoms with Gasteiger partial charge in [-0.1, -0.05) is 0 Å². The number of hydrogen-bond acceptors (Lipinski definition) is 4. The molecule has 1 aliphatic rings. The van der Waals surface area contributed by atoms with E-state index in [0.717, 1.165) is 37.7 Å². The number of ether oxygens (including phenoxy) is 2. The van der Waals surface area contributed by atoms with Crippen LogP contribution in [-0.4, -0.2) is 31.9 Å². The molecule has 1 unspecified atom stereocenters. The van der Waals surface area contributed by atoms with Gasteiger partial charge in [0.05, 0.1) is 13.7 Å². The third-order valence-electron chi connectivity index (χ3n) is 2.56. The maximum Gasteiger partial charge on any atom is 0.129 e. The molecule has 15 heavy (non-hydrogen) atoms. The number of nitrogens with zero attached hydrogens (tertiary/aromatic N) is 1. The van der Waals surface area contributed by atoms with Crippen molar-refractivity contribution in [1.82, 2.24) is 4.98 Å². The molecule has 0 spiro atoms. The highest BCUT2D eigenvalue weighted by Gasteiger charge is 2.15. The second kappa shape index (κ2) is 4.98. The van der Waals surface area contributed by atoms with Crippen molar-refractivity contribution < 1.29 is 9.47 Å². The SMILES string of the molecule is COc1ccnc(NCC2CCOC2)c1. The zero-order valence-electron chi connectivity index (χ0n) is 8.90. The van der Waals surface area contributed by atoms with Crippen molar-refractivity contribution in [3.63, 3.8) is 0 Å². The first kappa shape index (κ1) is 10.2. The summed E-state index contributed by atoms with van der Waals surface area (Å²) >= 11 is 0. The number of nitrogens with one attached hydrogen (secondary N) is 1. The Morgan fingerprint density at radius 1 is 1.67 bits per heavy atom. The van der Waals surface area contributed by atoms with Gasteiger partial charge < -0.3 is 14.8 Å². The van der Waals surface area contributed by atoms with Gasteiger partial charge in [-0.25, -0.2) is 4.98 Å².